The van der Waals surface area contributed by atoms with Crippen LogP contribution in [0.2, 0.25) is 0 Å². The molecule has 36 heavy (non-hydrogen) atoms. The molecule has 1 N–H and O–H groups in total. The number of aromatic nitrogens is 1. The van der Waals surface area contributed by atoms with Crippen molar-refractivity contribution in [2.75, 3.05) is 11.9 Å². The van der Waals surface area contributed by atoms with Crippen LogP contribution in [0.5, 0.6) is 5.75 Å². The van der Waals surface area contributed by atoms with Gasteiger partial charge in [0.1, 0.15) is 5.75 Å². The molecule has 1 heterocycles. The maximum Gasteiger partial charge on any atom is 0.259 e. The van der Waals surface area contributed by atoms with E-state index < -0.39 is 0 Å². The van der Waals surface area contributed by atoms with Crippen LogP contribution in [-0.2, 0) is 6.54 Å². The minimum Gasteiger partial charge on any atom is -0.493 e. The fraction of sp³-hybridized carbons (Fsp3) is 0.484. The van der Waals surface area contributed by atoms with E-state index in [1.807, 2.05) is 54.0 Å². The lowest BCUT2D eigenvalue weighted by molar-refractivity contribution is -0.683. The maximum atomic E-state index is 13.1. The lowest BCUT2D eigenvalue weighted by Gasteiger charge is -2.13. The Labute approximate surface area is 221 Å². The number of nitrogens with one attached hydrogen (secondary N) is 1. The average Bonchev–Trinajstić information content (AvgIpc) is 3.41. The normalized spacial score (nSPS) is 10.9. The molecular weight excluding hydrogens is 464 g/mol. The Morgan fingerprint density at radius 3 is 2.17 bits per heavy atom. The highest BCUT2D eigenvalue weighted by atomic mass is 32.1. The predicted octanol–water partition coefficient (Wildman–Crippen LogP) is 8.42. The van der Waals surface area contributed by atoms with Crippen LogP contribution < -0.4 is 14.6 Å². The molecule has 0 aliphatic carbocycles. The highest BCUT2D eigenvalue weighted by Crippen LogP contribution is 2.22. The molecule has 0 unspecified atom stereocenters. The molecule has 1 aromatic heterocycles. The summed E-state index contributed by atoms with van der Waals surface area (Å²) in [6, 6.07) is 15.5. The SMILES string of the molecule is CCCCCCCCCCCCCCOc1ccccc1C(=O)Nc1ccccc1C[n+]1ccsc1. The van der Waals surface area contributed by atoms with Gasteiger partial charge < -0.3 is 10.1 Å². The molecule has 0 saturated heterocycles. The summed E-state index contributed by atoms with van der Waals surface area (Å²) in [4.78, 5) is 13.1. The number of hydrogen-bond donors (Lipinski definition) is 1. The summed E-state index contributed by atoms with van der Waals surface area (Å²) >= 11 is 1.66. The van der Waals surface area contributed by atoms with Crippen molar-refractivity contribution < 1.29 is 14.1 Å². The van der Waals surface area contributed by atoms with Crippen LogP contribution >= 0.6 is 11.3 Å². The van der Waals surface area contributed by atoms with Crippen LogP contribution in [-0.4, -0.2) is 12.5 Å². The number of unbranched alkanes of at least 4 members (excludes halogenated alkanes) is 11. The standard InChI is InChI=1S/C31H42N2O2S/c1-2-3-4-5-6-7-8-9-10-11-12-17-23-35-30-21-16-14-19-28(30)31(34)32-29-20-15-13-18-27(29)25-33-22-24-36-26-33/h13-16,18-22,24,26H,2-12,17,23,25H2,1H3/p+1. The van der Waals surface area contributed by atoms with E-state index in [4.69, 9.17) is 4.74 Å². The Morgan fingerprint density at radius 2 is 1.47 bits per heavy atom. The van der Waals surface area contributed by atoms with Crippen molar-refractivity contribution in [3.8, 4) is 5.75 Å². The van der Waals surface area contributed by atoms with Crippen molar-refractivity contribution in [3.63, 3.8) is 0 Å². The highest BCUT2D eigenvalue weighted by molar-refractivity contribution is 7.07. The summed E-state index contributed by atoms with van der Waals surface area (Å²) in [6.45, 7) is 3.64. The first-order valence-electron chi connectivity index (χ1n) is 13.8. The van der Waals surface area contributed by atoms with Crippen molar-refractivity contribution in [2.24, 2.45) is 0 Å². The van der Waals surface area contributed by atoms with Crippen LogP contribution in [0.25, 0.3) is 0 Å². The molecule has 2 aromatic carbocycles. The van der Waals surface area contributed by atoms with Gasteiger partial charge in [0.2, 0.25) is 5.51 Å². The van der Waals surface area contributed by atoms with Gasteiger partial charge in [-0.15, -0.1) is 0 Å². The van der Waals surface area contributed by atoms with Gasteiger partial charge in [0.25, 0.3) is 5.91 Å². The molecule has 0 saturated carbocycles. The van der Waals surface area contributed by atoms with Gasteiger partial charge in [0, 0.05) is 5.56 Å². The predicted molar refractivity (Wildman–Crippen MR) is 151 cm³/mol. The van der Waals surface area contributed by atoms with E-state index >= 15 is 0 Å². The maximum absolute atomic E-state index is 13.1. The largest absolute Gasteiger partial charge is 0.493 e. The number of hydrogen-bond acceptors (Lipinski definition) is 3. The summed E-state index contributed by atoms with van der Waals surface area (Å²) in [5, 5.41) is 5.15. The van der Waals surface area contributed by atoms with Gasteiger partial charge in [0.15, 0.2) is 12.7 Å². The van der Waals surface area contributed by atoms with Gasteiger partial charge in [-0.25, -0.2) is 0 Å². The van der Waals surface area contributed by atoms with E-state index in [-0.39, 0.29) is 5.91 Å². The van der Waals surface area contributed by atoms with E-state index in [9.17, 15) is 4.79 Å². The van der Waals surface area contributed by atoms with Crippen LogP contribution in [0.15, 0.2) is 65.6 Å². The number of anilines is 1. The van der Waals surface area contributed by atoms with Crippen molar-refractivity contribution in [1.82, 2.24) is 0 Å². The van der Waals surface area contributed by atoms with Crippen LogP contribution in [0, 0.1) is 0 Å². The molecule has 0 bridgehead atoms. The van der Waals surface area contributed by atoms with E-state index in [0.29, 0.717) is 17.9 Å². The zero-order valence-corrected chi connectivity index (χ0v) is 22.7. The Bertz CT molecular complexity index is 1000. The van der Waals surface area contributed by atoms with E-state index in [1.165, 1.54) is 70.6 Å². The van der Waals surface area contributed by atoms with Gasteiger partial charge in [0.05, 0.1) is 23.2 Å². The molecule has 5 heteroatoms. The molecule has 0 aliphatic rings. The lowest BCUT2D eigenvalue weighted by atomic mass is 10.1. The van der Waals surface area contributed by atoms with Crippen LogP contribution in [0.1, 0.15) is 99.9 Å². The number of rotatable bonds is 18. The molecule has 3 rings (SSSR count). The zero-order valence-electron chi connectivity index (χ0n) is 21.9. The third-order valence-electron chi connectivity index (χ3n) is 6.53. The number of carbonyl (C=O) groups excluding carboxylic acids is 1. The number of benzene rings is 2. The van der Waals surface area contributed by atoms with Gasteiger partial charge in [-0.2, -0.15) is 4.57 Å². The Hall–Kier alpha value is -2.66. The number of thiazole rings is 1. The van der Waals surface area contributed by atoms with Crippen LogP contribution in [0.3, 0.4) is 0 Å². The fourth-order valence-corrected chi connectivity index (χ4v) is 5.02. The van der Waals surface area contributed by atoms with E-state index in [1.54, 1.807) is 11.3 Å². The number of nitrogens with zero attached hydrogens (tertiary/aromatic N) is 1. The summed E-state index contributed by atoms with van der Waals surface area (Å²) in [5.74, 6) is 0.519. The molecule has 1 amide bonds. The third kappa shape index (κ3) is 10.1. The molecule has 0 aliphatic heterocycles. The number of amides is 1. The number of ether oxygens (including phenoxy) is 1. The second-order valence-electron chi connectivity index (χ2n) is 9.54. The monoisotopic (exact) mass is 507 g/mol. The second kappa shape index (κ2) is 16.9. The van der Waals surface area contributed by atoms with Gasteiger partial charge in [-0.1, -0.05) is 119 Å². The average molecular weight is 508 g/mol. The first kappa shape index (κ1) is 27.9. The molecule has 0 spiro atoms. The molecule has 3 aromatic rings. The topological polar surface area (TPSA) is 42.2 Å². The van der Waals surface area contributed by atoms with Crippen molar-refractivity contribution in [1.29, 1.82) is 0 Å². The van der Waals surface area contributed by atoms with E-state index in [2.05, 4.69) is 28.4 Å². The smallest absolute Gasteiger partial charge is 0.259 e. The van der Waals surface area contributed by atoms with E-state index in [0.717, 1.165) is 24.2 Å². The Morgan fingerprint density at radius 1 is 0.833 bits per heavy atom. The summed E-state index contributed by atoms with van der Waals surface area (Å²) in [7, 11) is 0. The first-order chi connectivity index (χ1) is 17.8. The van der Waals surface area contributed by atoms with Gasteiger partial charge >= 0.3 is 0 Å². The summed E-state index contributed by atoms with van der Waals surface area (Å²) in [5.41, 5.74) is 4.55. The minimum atomic E-state index is -0.136. The molecule has 0 fully saturated rings. The Kier molecular flexibility index (Phi) is 13.1. The fourth-order valence-electron chi connectivity index (χ4n) is 4.42. The minimum absolute atomic E-state index is 0.136. The van der Waals surface area contributed by atoms with Crippen molar-refractivity contribution in [3.05, 3.63) is 76.7 Å². The molecule has 0 radical (unpaired) electrons. The van der Waals surface area contributed by atoms with Gasteiger partial charge in [-0.05, 0) is 24.6 Å². The number of para-hydroxylation sites is 2. The highest BCUT2D eigenvalue weighted by Gasteiger charge is 2.15. The molecule has 194 valence electrons. The van der Waals surface area contributed by atoms with Crippen molar-refractivity contribution >= 4 is 22.9 Å². The first-order valence-corrected chi connectivity index (χ1v) is 14.7. The molecule has 0 atom stereocenters. The van der Waals surface area contributed by atoms with Crippen LogP contribution in [0.4, 0.5) is 5.69 Å². The second-order valence-corrected chi connectivity index (χ2v) is 10.3. The third-order valence-corrected chi connectivity index (χ3v) is 7.20. The zero-order chi connectivity index (χ0) is 25.3. The summed E-state index contributed by atoms with van der Waals surface area (Å²) < 4.78 is 8.15. The van der Waals surface area contributed by atoms with Crippen molar-refractivity contribution in [2.45, 2.75) is 90.5 Å². The molecular formula is C31H43N2O2S+. The molecule has 4 nitrogen and oxygen atoms in total. The Balaban J connectivity index is 1.37. The quantitative estimate of drug-likeness (QED) is 0.139. The lowest BCUT2D eigenvalue weighted by Crippen LogP contribution is -2.31. The number of carbonyl (C=O) groups is 1. The van der Waals surface area contributed by atoms with Gasteiger partial charge in [-0.3, -0.25) is 4.79 Å². The summed E-state index contributed by atoms with van der Waals surface area (Å²) in [6.07, 6.45) is 17.9.